The fraction of sp³-hybridized carbons (Fsp3) is 0.273. The van der Waals surface area contributed by atoms with E-state index >= 15 is 0 Å². The molecule has 0 saturated carbocycles. The molecule has 0 saturated heterocycles. The van der Waals surface area contributed by atoms with E-state index in [-0.39, 0.29) is 13.0 Å². The van der Waals surface area contributed by atoms with E-state index in [1.807, 2.05) is 25.1 Å². The van der Waals surface area contributed by atoms with Gasteiger partial charge in [0, 0.05) is 12.2 Å². The molecule has 16 heavy (non-hydrogen) atoms. The van der Waals surface area contributed by atoms with Gasteiger partial charge in [0.1, 0.15) is 0 Å². The second-order valence-corrected chi connectivity index (χ2v) is 3.39. The number of carboxylic acids is 1. The molecule has 86 valence electrons. The molecule has 1 aromatic carbocycles. The monoisotopic (exact) mass is 222 g/mol. The van der Waals surface area contributed by atoms with Crippen LogP contribution in [0, 0.1) is 6.92 Å². The third-order valence-electron chi connectivity index (χ3n) is 1.90. The van der Waals surface area contributed by atoms with Crippen LogP contribution in [0.25, 0.3) is 0 Å². The van der Waals surface area contributed by atoms with Crippen LogP contribution in [0.3, 0.4) is 0 Å². The quantitative estimate of drug-likeness (QED) is 0.723. The van der Waals surface area contributed by atoms with Gasteiger partial charge in [0.25, 0.3) is 0 Å². The van der Waals surface area contributed by atoms with Crippen LogP contribution in [0.4, 0.5) is 10.5 Å². The minimum Gasteiger partial charge on any atom is -0.481 e. The lowest BCUT2D eigenvalue weighted by Crippen LogP contribution is -2.30. The smallest absolute Gasteiger partial charge is 0.319 e. The second-order valence-electron chi connectivity index (χ2n) is 3.39. The summed E-state index contributed by atoms with van der Waals surface area (Å²) in [5.74, 6) is -0.934. The Bertz CT molecular complexity index is 391. The number of carboxylic acid groups (broad SMARTS) is 1. The summed E-state index contributed by atoms with van der Waals surface area (Å²) >= 11 is 0. The predicted octanol–water partition coefficient (Wildman–Crippen LogP) is 1.59. The standard InChI is InChI=1S/C11H14N2O3/c1-8-3-2-4-9(7-8)13-11(16)12-6-5-10(14)15/h2-4,7H,5-6H2,1H3,(H,14,15)(H2,12,13,16). The van der Waals surface area contributed by atoms with Crippen LogP contribution < -0.4 is 10.6 Å². The molecule has 0 unspecified atom stereocenters. The normalized spacial score (nSPS) is 9.56. The van der Waals surface area contributed by atoms with Gasteiger partial charge >= 0.3 is 12.0 Å². The van der Waals surface area contributed by atoms with Gasteiger partial charge in [-0.15, -0.1) is 0 Å². The molecule has 0 spiro atoms. The van der Waals surface area contributed by atoms with Gasteiger partial charge in [-0.3, -0.25) is 4.79 Å². The first-order chi connectivity index (χ1) is 7.58. The van der Waals surface area contributed by atoms with E-state index in [4.69, 9.17) is 5.11 Å². The minimum atomic E-state index is -0.934. The number of amides is 2. The van der Waals surface area contributed by atoms with Crippen molar-refractivity contribution in [3.8, 4) is 0 Å². The van der Waals surface area contributed by atoms with Crippen molar-refractivity contribution in [2.75, 3.05) is 11.9 Å². The van der Waals surface area contributed by atoms with Gasteiger partial charge < -0.3 is 15.7 Å². The second kappa shape index (κ2) is 5.75. The van der Waals surface area contributed by atoms with E-state index in [1.54, 1.807) is 6.07 Å². The summed E-state index contributed by atoms with van der Waals surface area (Å²) in [5.41, 5.74) is 1.73. The lowest BCUT2D eigenvalue weighted by Gasteiger charge is -2.06. The fourth-order valence-electron chi connectivity index (χ4n) is 1.18. The first kappa shape index (κ1) is 12.0. The van der Waals surface area contributed by atoms with Gasteiger partial charge in [-0.25, -0.2) is 4.79 Å². The zero-order chi connectivity index (χ0) is 12.0. The van der Waals surface area contributed by atoms with E-state index in [0.29, 0.717) is 5.69 Å². The summed E-state index contributed by atoms with van der Waals surface area (Å²) in [5, 5.41) is 13.4. The summed E-state index contributed by atoms with van der Waals surface area (Å²) in [6, 6.07) is 6.96. The number of anilines is 1. The molecule has 0 aliphatic carbocycles. The van der Waals surface area contributed by atoms with Crippen molar-refractivity contribution in [3.05, 3.63) is 29.8 Å². The maximum atomic E-state index is 11.3. The number of urea groups is 1. The van der Waals surface area contributed by atoms with Crippen LogP contribution in [0.15, 0.2) is 24.3 Å². The third-order valence-corrected chi connectivity index (χ3v) is 1.90. The SMILES string of the molecule is Cc1cccc(NC(=O)NCCC(=O)O)c1. The number of carbonyl (C=O) groups excluding carboxylic acids is 1. The number of rotatable bonds is 4. The van der Waals surface area contributed by atoms with Crippen molar-refractivity contribution in [2.24, 2.45) is 0 Å². The van der Waals surface area contributed by atoms with Crippen LogP contribution >= 0.6 is 0 Å². The Labute approximate surface area is 93.5 Å². The Kier molecular flexibility index (Phi) is 4.32. The van der Waals surface area contributed by atoms with Gasteiger partial charge in [0.15, 0.2) is 0 Å². The Morgan fingerprint density at radius 2 is 2.12 bits per heavy atom. The molecule has 0 fully saturated rings. The maximum absolute atomic E-state index is 11.3. The summed E-state index contributed by atoms with van der Waals surface area (Å²) in [6.07, 6.45) is -0.0821. The van der Waals surface area contributed by atoms with Crippen LogP contribution in [0.2, 0.25) is 0 Å². The molecule has 1 rings (SSSR count). The molecular weight excluding hydrogens is 208 g/mol. The number of hydrogen-bond acceptors (Lipinski definition) is 2. The Morgan fingerprint density at radius 3 is 2.75 bits per heavy atom. The molecule has 0 heterocycles. The number of carbonyl (C=O) groups is 2. The van der Waals surface area contributed by atoms with Crippen LogP contribution in [-0.2, 0) is 4.79 Å². The molecule has 0 aliphatic rings. The zero-order valence-corrected chi connectivity index (χ0v) is 8.99. The molecule has 5 heteroatoms. The number of aliphatic carboxylic acids is 1. The van der Waals surface area contributed by atoms with Gasteiger partial charge in [0.2, 0.25) is 0 Å². The van der Waals surface area contributed by atoms with E-state index in [2.05, 4.69) is 10.6 Å². The Balaban J connectivity index is 2.37. The van der Waals surface area contributed by atoms with Crippen molar-refractivity contribution in [3.63, 3.8) is 0 Å². The lowest BCUT2D eigenvalue weighted by molar-refractivity contribution is -0.136. The summed E-state index contributed by atoms with van der Waals surface area (Å²) in [4.78, 5) is 21.5. The van der Waals surface area contributed by atoms with Crippen molar-refractivity contribution in [2.45, 2.75) is 13.3 Å². The maximum Gasteiger partial charge on any atom is 0.319 e. The number of aryl methyl sites for hydroxylation is 1. The number of nitrogens with one attached hydrogen (secondary N) is 2. The molecule has 2 amide bonds. The Hall–Kier alpha value is -2.04. The molecular formula is C11H14N2O3. The van der Waals surface area contributed by atoms with Crippen LogP contribution in [0.5, 0.6) is 0 Å². The number of benzene rings is 1. The van der Waals surface area contributed by atoms with Gasteiger partial charge in [-0.05, 0) is 24.6 Å². The van der Waals surface area contributed by atoms with Crippen molar-refractivity contribution >= 4 is 17.7 Å². The molecule has 5 nitrogen and oxygen atoms in total. The highest BCUT2D eigenvalue weighted by Gasteiger charge is 2.02. The summed E-state index contributed by atoms with van der Waals surface area (Å²) in [7, 11) is 0. The zero-order valence-electron chi connectivity index (χ0n) is 8.99. The minimum absolute atomic E-state index is 0.0821. The molecule has 0 atom stereocenters. The largest absolute Gasteiger partial charge is 0.481 e. The lowest BCUT2D eigenvalue weighted by atomic mass is 10.2. The average molecular weight is 222 g/mol. The van der Waals surface area contributed by atoms with Crippen molar-refractivity contribution < 1.29 is 14.7 Å². The van der Waals surface area contributed by atoms with Crippen molar-refractivity contribution in [1.29, 1.82) is 0 Å². The van der Waals surface area contributed by atoms with Gasteiger partial charge in [0.05, 0.1) is 6.42 Å². The molecule has 0 bridgehead atoms. The first-order valence-electron chi connectivity index (χ1n) is 4.91. The van der Waals surface area contributed by atoms with E-state index < -0.39 is 12.0 Å². The van der Waals surface area contributed by atoms with E-state index in [9.17, 15) is 9.59 Å². The highest BCUT2D eigenvalue weighted by atomic mass is 16.4. The van der Waals surface area contributed by atoms with Gasteiger partial charge in [-0.1, -0.05) is 12.1 Å². The summed E-state index contributed by atoms with van der Waals surface area (Å²) in [6.45, 7) is 2.04. The predicted molar refractivity (Wildman–Crippen MR) is 60.5 cm³/mol. The van der Waals surface area contributed by atoms with Gasteiger partial charge in [-0.2, -0.15) is 0 Å². The summed E-state index contributed by atoms with van der Waals surface area (Å²) < 4.78 is 0. The highest BCUT2D eigenvalue weighted by Crippen LogP contribution is 2.08. The number of hydrogen-bond donors (Lipinski definition) is 3. The highest BCUT2D eigenvalue weighted by molar-refractivity contribution is 5.89. The Morgan fingerprint density at radius 1 is 1.38 bits per heavy atom. The van der Waals surface area contributed by atoms with Crippen molar-refractivity contribution in [1.82, 2.24) is 5.32 Å². The first-order valence-corrected chi connectivity index (χ1v) is 4.91. The average Bonchev–Trinajstić information content (AvgIpc) is 2.16. The molecule has 1 aromatic rings. The topological polar surface area (TPSA) is 78.4 Å². The molecule has 0 radical (unpaired) electrons. The van der Waals surface area contributed by atoms with Crippen LogP contribution in [0.1, 0.15) is 12.0 Å². The van der Waals surface area contributed by atoms with E-state index in [0.717, 1.165) is 5.56 Å². The third kappa shape index (κ3) is 4.45. The van der Waals surface area contributed by atoms with Crippen LogP contribution in [-0.4, -0.2) is 23.7 Å². The molecule has 3 N–H and O–H groups in total. The molecule has 0 aromatic heterocycles. The van der Waals surface area contributed by atoms with E-state index in [1.165, 1.54) is 0 Å². The fourth-order valence-corrected chi connectivity index (χ4v) is 1.18. The molecule has 0 aliphatic heterocycles.